The molecule has 0 heterocycles. The molecule has 0 aromatic heterocycles. The van der Waals surface area contributed by atoms with Gasteiger partial charge < -0.3 is 0 Å². The summed E-state index contributed by atoms with van der Waals surface area (Å²) in [5.41, 5.74) is 4.50. The zero-order chi connectivity index (χ0) is 14.7. The maximum Gasteiger partial charge on any atom is 0.416 e. The van der Waals surface area contributed by atoms with Gasteiger partial charge in [0.1, 0.15) is 0 Å². The maximum absolute atomic E-state index is 12.5. The van der Waals surface area contributed by atoms with Gasteiger partial charge in [0, 0.05) is 5.54 Å². The molecule has 0 aliphatic carbocycles. The van der Waals surface area contributed by atoms with Gasteiger partial charge in [-0.3, -0.25) is 10.2 Å². The number of amides is 1. The number of alkyl halides is 3. The van der Waals surface area contributed by atoms with E-state index in [1.807, 2.05) is 20.8 Å². The van der Waals surface area contributed by atoms with Gasteiger partial charge >= 0.3 is 6.18 Å². The molecule has 1 aromatic carbocycles. The molecule has 0 atom stereocenters. The maximum atomic E-state index is 12.5. The number of rotatable bonds is 3. The van der Waals surface area contributed by atoms with Crippen molar-refractivity contribution in [2.24, 2.45) is 0 Å². The number of hydrogen-bond donors (Lipinski definition) is 2. The lowest BCUT2D eigenvalue weighted by molar-refractivity contribution is -0.137. The zero-order valence-electron chi connectivity index (χ0n) is 11.1. The van der Waals surface area contributed by atoms with E-state index < -0.39 is 11.7 Å². The Balaban J connectivity index is 2.65. The first-order chi connectivity index (χ1) is 8.58. The molecule has 0 spiro atoms. The molecule has 1 rings (SSSR count). The van der Waals surface area contributed by atoms with E-state index in [-0.39, 0.29) is 17.9 Å². The van der Waals surface area contributed by atoms with Crippen LogP contribution in [0.3, 0.4) is 0 Å². The van der Waals surface area contributed by atoms with E-state index >= 15 is 0 Å². The van der Waals surface area contributed by atoms with Crippen molar-refractivity contribution in [1.82, 2.24) is 10.9 Å². The summed E-state index contributed by atoms with van der Waals surface area (Å²) in [5, 5.41) is 0. The van der Waals surface area contributed by atoms with Crippen molar-refractivity contribution >= 4 is 5.91 Å². The standard InChI is InChI=1S/C13H17F3N2O/c1-12(2,3)18-17-11(19)8-9-5-4-6-10(7-9)13(14,15)16/h4-7,18H,8H2,1-3H3,(H,17,19). The van der Waals surface area contributed by atoms with Gasteiger partial charge in [0.2, 0.25) is 5.91 Å². The van der Waals surface area contributed by atoms with Crippen LogP contribution in [0, 0.1) is 0 Å². The molecule has 2 N–H and O–H groups in total. The van der Waals surface area contributed by atoms with Crippen LogP contribution >= 0.6 is 0 Å². The van der Waals surface area contributed by atoms with Gasteiger partial charge in [-0.2, -0.15) is 13.2 Å². The van der Waals surface area contributed by atoms with Gasteiger partial charge in [-0.25, -0.2) is 5.43 Å². The quantitative estimate of drug-likeness (QED) is 0.832. The average Bonchev–Trinajstić information content (AvgIpc) is 2.25. The Kier molecular flexibility index (Phi) is 4.57. The van der Waals surface area contributed by atoms with Gasteiger partial charge in [-0.05, 0) is 32.4 Å². The monoisotopic (exact) mass is 274 g/mol. The molecule has 19 heavy (non-hydrogen) atoms. The lowest BCUT2D eigenvalue weighted by Crippen LogP contribution is -2.49. The van der Waals surface area contributed by atoms with Crippen molar-refractivity contribution in [2.75, 3.05) is 0 Å². The first-order valence-electron chi connectivity index (χ1n) is 5.80. The van der Waals surface area contributed by atoms with Crippen molar-refractivity contribution in [2.45, 2.75) is 38.9 Å². The highest BCUT2D eigenvalue weighted by Crippen LogP contribution is 2.29. The topological polar surface area (TPSA) is 41.1 Å². The highest BCUT2D eigenvalue weighted by atomic mass is 19.4. The van der Waals surface area contributed by atoms with Gasteiger partial charge in [-0.1, -0.05) is 18.2 Å². The van der Waals surface area contributed by atoms with Crippen molar-refractivity contribution in [3.05, 3.63) is 35.4 Å². The highest BCUT2D eigenvalue weighted by Gasteiger charge is 2.30. The van der Waals surface area contributed by atoms with Crippen molar-refractivity contribution in [3.63, 3.8) is 0 Å². The minimum Gasteiger partial charge on any atom is -0.291 e. The molecule has 106 valence electrons. The predicted molar refractivity (Wildman–Crippen MR) is 66.2 cm³/mol. The van der Waals surface area contributed by atoms with Crippen LogP contribution in [0.15, 0.2) is 24.3 Å². The molecule has 0 saturated heterocycles. The van der Waals surface area contributed by atoms with E-state index in [2.05, 4.69) is 10.9 Å². The van der Waals surface area contributed by atoms with Gasteiger partial charge in [0.25, 0.3) is 0 Å². The Bertz CT molecular complexity index is 450. The van der Waals surface area contributed by atoms with Gasteiger partial charge in [-0.15, -0.1) is 0 Å². The van der Waals surface area contributed by atoms with Crippen LogP contribution < -0.4 is 10.9 Å². The minimum atomic E-state index is -4.39. The summed E-state index contributed by atoms with van der Waals surface area (Å²) < 4.78 is 37.5. The van der Waals surface area contributed by atoms with E-state index in [1.54, 1.807) is 0 Å². The van der Waals surface area contributed by atoms with E-state index in [4.69, 9.17) is 0 Å². The minimum absolute atomic E-state index is 0.104. The van der Waals surface area contributed by atoms with Crippen LogP contribution in [0.4, 0.5) is 13.2 Å². The van der Waals surface area contributed by atoms with Gasteiger partial charge in [0.15, 0.2) is 0 Å². The van der Waals surface area contributed by atoms with E-state index in [0.29, 0.717) is 5.56 Å². The summed E-state index contributed by atoms with van der Waals surface area (Å²) in [6, 6.07) is 4.75. The van der Waals surface area contributed by atoms with Crippen LogP contribution in [0.5, 0.6) is 0 Å². The van der Waals surface area contributed by atoms with E-state index in [1.165, 1.54) is 12.1 Å². The second-order valence-electron chi connectivity index (χ2n) is 5.30. The number of halogens is 3. The number of nitrogens with one attached hydrogen (secondary N) is 2. The third-order valence-electron chi connectivity index (χ3n) is 2.20. The molecule has 0 radical (unpaired) electrons. The predicted octanol–water partition coefficient (Wildman–Crippen LogP) is 2.67. The largest absolute Gasteiger partial charge is 0.416 e. The highest BCUT2D eigenvalue weighted by molar-refractivity contribution is 5.78. The Labute approximate surface area is 110 Å². The Hall–Kier alpha value is -1.56. The lowest BCUT2D eigenvalue weighted by Gasteiger charge is -2.21. The average molecular weight is 274 g/mol. The second kappa shape index (κ2) is 5.61. The summed E-state index contributed by atoms with van der Waals surface area (Å²) in [7, 11) is 0. The number of hydrogen-bond acceptors (Lipinski definition) is 2. The van der Waals surface area contributed by atoms with Crippen LogP contribution in [0.1, 0.15) is 31.9 Å². The lowest BCUT2D eigenvalue weighted by atomic mass is 10.1. The van der Waals surface area contributed by atoms with Crippen molar-refractivity contribution in [3.8, 4) is 0 Å². The zero-order valence-corrected chi connectivity index (χ0v) is 11.1. The number of carbonyl (C=O) groups is 1. The van der Waals surface area contributed by atoms with Crippen LogP contribution in [0.2, 0.25) is 0 Å². The normalized spacial score (nSPS) is 12.3. The SMILES string of the molecule is CC(C)(C)NNC(=O)Cc1cccc(C(F)(F)F)c1. The summed E-state index contributed by atoms with van der Waals surface area (Å²) in [6.07, 6.45) is -4.50. The van der Waals surface area contributed by atoms with E-state index in [0.717, 1.165) is 12.1 Å². The van der Waals surface area contributed by atoms with Crippen LogP contribution in [-0.4, -0.2) is 11.4 Å². The van der Waals surface area contributed by atoms with Crippen LogP contribution in [-0.2, 0) is 17.4 Å². The molecule has 0 unspecified atom stereocenters. The van der Waals surface area contributed by atoms with Crippen molar-refractivity contribution < 1.29 is 18.0 Å². The first-order valence-corrected chi connectivity index (χ1v) is 5.80. The molecule has 0 saturated carbocycles. The molecule has 6 heteroatoms. The number of benzene rings is 1. The first kappa shape index (κ1) is 15.5. The summed E-state index contributed by atoms with van der Waals surface area (Å²) >= 11 is 0. The number of hydrazine groups is 1. The molecule has 0 fully saturated rings. The molecular formula is C13H17F3N2O. The molecule has 1 amide bonds. The Morgan fingerprint density at radius 3 is 2.37 bits per heavy atom. The Morgan fingerprint density at radius 2 is 1.84 bits per heavy atom. The summed E-state index contributed by atoms with van der Waals surface area (Å²) in [6.45, 7) is 5.58. The molecular weight excluding hydrogens is 257 g/mol. The molecule has 0 aliphatic rings. The second-order valence-corrected chi connectivity index (χ2v) is 5.30. The fourth-order valence-electron chi connectivity index (χ4n) is 1.34. The number of carbonyl (C=O) groups excluding carboxylic acids is 1. The molecule has 1 aromatic rings. The summed E-state index contributed by atoms with van der Waals surface area (Å²) in [5.74, 6) is -0.380. The Morgan fingerprint density at radius 1 is 1.21 bits per heavy atom. The van der Waals surface area contributed by atoms with Gasteiger partial charge in [0.05, 0.1) is 12.0 Å². The molecule has 0 aliphatic heterocycles. The summed E-state index contributed by atoms with van der Waals surface area (Å²) in [4.78, 5) is 11.6. The van der Waals surface area contributed by atoms with Crippen LogP contribution in [0.25, 0.3) is 0 Å². The molecule has 3 nitrogen and oxygen atoms in total. The fraction of sp³-hybridized carbons (Fsp3) is 0.462. The third-order valence-corrected chi connectivity index (χ3v) is 2.20. The third kappa shape index (κ3) is 5.74. The smallest absolute Gasteiger partial charge is 0.291 e. The molecule has 0 bridgehead atoms. The van der Waals surface area contributed by atoms with E-state index in [9.17, 15) is 18.0 Å². The fourth-order valence-corrected chi connectivity index (χ4v) is 1.34. The van der Waals surface area contributed by atoms with Crippen molar-refractivity contribution in [1.29, 1.82) is 0 Å².